The van der Waals surface area contributed by atoms with Gasteiger partial charge in [-0.1, -0.05) is 26.0 Å². The molecule has 2 N–H and O–H groups in total. The second-order valence-corrected chi connectivity index (χ2v) is 8.87. The fourth-order valence-corrected chi connectivity index (χ4v) is 3.21. The van der Waals surface area contributed by atoms with E-state index in [1.165, 1.54) is 24.3 Å². The van der Waals surface area contributed by atoms with Crippen LogP contribution in [0.1, 0.15) is 66.4 Å². The lowest BCUT2D eigenvalue weighted by Crippen LogP contribution is -2.55. The molecule has 8 nitrogen and oxygen atoms in total. The van der Waals surface area contributed by atoms with Gasteiger partial charge in [0, 0.05) is 6.42 Å². The maximum Gasteiger partial charge on any atom is 0.328 e. The summed E-state index contributed by atoms with van der Waals surface area (Å²) in [6, 6.07) is 3.03. The fourth-order valence-electron chi connectivity index (χ4n) is 3.21. The molecule has 0 aliphatic heterocycles. The van der Waals surface area contributed by atoms with Gasteiger partial charge in [-0.25, -0.2) is 9.18 Å². The zero-order valence-electron chi connectivity index (χ0n) is 21.9. The van der Waals surface area contributed by atoms with Crippen LogP contribution in [0.4, 0.5) is 4.39 Å². The van der Waals surface area contributed by atoms with Crippen molar-refractivity contribution in [2.24, 2.45) is 5.92 Å². The minimum atomic E-state index is -1.21. The molecule has 2 atom stereocenters. The van der Waals surface area contributed by atoms with Crippen LogP contribution < -0.4 is 10.6 Å². The first-order valence-electron chi connectivity index (χ1n) is 12.0. The predicted molar refractivity (Wildman–Crippen MR) is 125 cm³/mol. The molecule has 0 radical (unpaired) electrons. The van der Waals surface area contributed by atoms with E-state index in [0.29, 0.717) is 10.9 Å². The Labute approximate surface area is 202 Å². The highest BCUT2D eigenvalue weighted by molar-refractivity contribution is 5.94. The molecule has 0 unspecified atom stereocenters. The third kappa shape index (κ3) is 9.11. The number of esters is 2. The standard InChI is InChI=1S/C25H37FN2O6/c1-7-33-21(29)14-13-19(23(31)34-8-2)27-22(30)20(15-16(3)4)28-24(32)25(5,6)17-9-11-18(26)12-10-17/h9-12,16,19-20H,7-8,13-15H2,1-6H3,(H,27,30)(H,28,32)/t19-,20-/m0/s1/i/hD. The van der Waals surface area contributed by atoms with E-state index in [9.17, 15) is 23.6 Å². The summed E-state index contributed by atoms with van der Waals surface area (Å²) in [5, 5.41) is 3.17. The molecule has 1 aromatic rings. The highest BCUT2D eigenvalue weighted by atomic mass is 19.1. The largest absolute Gasteiger partial charge is 0.466 e. The van der Waals surface area contributed by atoms with E-state index in [1.807, 2.05) is 13.8 Å². The molecule has 190 valence electrons. The number of hydrogen-bond acceptors (Lipinski definition) is 6. The van der Waals surface area contributed by atoms with Crippen molar-refractivity contribution >= 4 is 23.8 Å². The summed E-state index contributed by atoms with van der Waals surface area (Å²) in [6.45, 7) is 10.4. The maximum absolute atomic E-state index is 13.4. The van der Waals surface area contributed by atoms with Gasteiger partial charge in [-0.2, -0.15) is 0 Å². The number of rotatable bonds is 13. The van der Waals surface area contributed by atoms with E-state index < -0.39 is 47.1 Å². The Bertz CT molecular complexity index is 875. The lowest BCUT2D eigenvalue weighted by molar-refractivity contribution is -0.149. The average Bonchev–Trinajstić information content (AvgIpc) is 2.79. The second-order valence-electron chi connectivity index (χ2n) is 8.87. The van der Waals surface area contributed by atoms with Crippen molar-refractivity contribution in [2.45, 2.75) is 78.3 Å². The zero-order valence-corrected chi connectivity index (χ0v) is 20.9. The van der Waals surface area contributed by atoms with Crippen molar-refractivity contribution in [1.29, 1.82) is 0 Å². The number of halogens is 1. The monoisotopic (exact) mass is 481 g/mol. The summed E-state index contributed by atoms with van der Waals surface area (Å²) in [5.41, 5.74) is -0.723. The third-order valence-electron chi connectivity index (χ3n) is 5.20. The summed E-state index contributed by atoms with van der Waals surface area (Å²) in [4.78, 5) is 50.7. The van der Waals surface area contributed by atoms with Gasteiger partial charge in [-0.05, 0) is 64.2 Å². The van der Waals surface area contributed by atoms with Crippen molar-refractivity contribution in [1.82, 2.24) is 10.6 Å². The van der Waals surface area contributed by atoms with Gasteiger partial charge in [-0.15, -0.1) is 0 Å². The lowest BCUT2D eigenvalue weighted by Gasteiger charge is -2.29. The number of benzene rings is 1. The molecule has 1 rings (SSSR count). The van der Waals surface area contributed by atoms with E-state index in [1.54, 1.807) is 27.7 Å². The van der Waals surface area contributed by atoms with Gasteiger partial charge in [0.25, 0.3) is 0 Å². The Morgan fingerprint density at radius 2 is 1.62 bits per heavy atom. The van der Waals surface area contributed by atoms with E-state index in [-0.39, 0.29) is 38.4 Å². The fraction of sp³-hybridized carbons (Fsp3) is 0.600. The van der Waals surface area contributed by atoms with Crippen LogP contribution in [0.3, 0.4) is 0 Å². The van der Waals surface area contributed by atoms with E-state index >= 15 is 0 Å². The second kappa shape index (κ2) is 13.7. The van der Waals surface area contributed by atoms with Gasteiger partial charge in [0.05, 0.1) is 18.6 Å². The molecule has 0 heterocycles. The maximum atomic E-state index is 13.4. The smallest absolute Gasteiger partial charge is 0.328 e. The molecule has 0 spiro atoms. The molecule has 0 aliphatic carbocycles. The molecule has 1 aromatic carbocycles. The Balaban J connectivity index is 3.13. The number of amides is 2. The Hall–Kier alpha value is -2.97. The number of nitrogens with one attached hydrogen (secondary N) is 2. The topological polar surface area (TPSA) is 111 Å². The molecule has 0 aliphatic rings. The van der Waals surface area contributed by atoms with Crippen molar-refractivity contribution < 1.29 is 34.5 Å². The van der Waals surface area contributed by atoms with Gasteiger partial charge in [0.1, 0.15) is 17.9 Å². The van der Waals surface area contributed by atoms with E-state index in [2.05, 4.69) is 5.32 Å². The molecule has 9 heteroatoms. The summed E-state index contributed by atoms with van der Waals surface area (Å²) in [7, 11) is 0. The molecule has 34 heavy (non-hydrogen) atoms. The summed E-state index contributed by atoms with van der Waals surface area (Å²) >= 11 is 0. The van der Waals surface area contributed by atoms with Gasteiger partial charge in [-0.3, -0.25) is 14.4 Å². The van der Waals surface area contributed by atoms with E-state index in [0.717, 1.165) is 0 Å². The van der Waals surface area contributed by atoms with Crippen LogP contribution >= 0.6 is 0 Å². The lowest BCUT2D eigenvalue weighted by atomic mass is 9.83. The van der Waals surface area contributed by atoms with Crippen LogP contribution in [0, 0.1) is 11.7 Å². The Morgan fingerprint density at radius 3 is 2.15 bits per heavy atom. The number of hydrogen-bond donors (Lipinski definition) is 2. The minimum absolute atomic E-state index is 0.0508. The molecule has 0 bridgehead atoms. The van der Waals surface area contributed by atoms with Crippen LogP contribution in [0.25, 0.3) is 0 Å². The minimum Gasteiger partial charge on any atom is -0.466 e. The molecular weight excluding hydrogens is 443 g/mol. The number of ether oxygens (including phenoxy) is 2. The van der Waals surface area contributed by atoms with Gasteiger partial charge < -0.3 is 20.1 Å². The van der Waals surface area contributed by atoms with Crippen molar-refractivity contribution in [2.75, 3.05) is 13.2 Å². The summed E-state index contributed by atoms with van der Waals surface area (Å²) in [5.74, 6) is -3.12. The average molecular weight is 482 g/mol. The highest BCUT2D eigenvalue weighted by Crippen LogP contribution is 2.24. The number of carbonyl (C=O) groups excluding carboxylic acids is 4. The molecule has 0 saturated carbocycles. The zero-order chi connectivity index (χ0) is 26.8. The molecular formula is C25H37FN2O6. The number of carbonyl (C=O) groups is 4. The van der Waals surface area contributed by atoms with Crippen LogP contribution in [0.5, 0.6) is 0 Å². The van der Waals surface area contributed by atoms with Crippen LogP contribution in [-0.4, -0.2) is 49.1 Å². The Morgan fingerprint density at radius 1 is 1.03 bits per heavy atom. The van der Waals surface area contributed by atoms with Gasteiger partial charge in [0.2, 0.25) is 11.8 Å². The van der Waals surface area contributed by atoms with Gasteiger partial charge in [0.15, 0.2) is 1.41 Å². The molecule has 2 amide bonds. The van der Waals surface area contributed by atoms with Crippen LogP contribution in [0.15, 0.2) is 24.3 Å². The normalized spacial score (nSPS) is 13.5. The summed E-state index contributed by atoms with van der Waals surface area (Å²) in [6.07, 6.45) is -0.00756. The summed E-state index contributed by atoms with van der Waals surface area (Å²) < 4.78 is 31.8. The first kappa shape index (κ1) is 27.3. The first-order valence-corrected chi connectivity index (χ1v) is 11.6. The molecule has 0 saturated heterocycles. The molecule has 0 fully saturated rings. The third-order valence-corrected chi connectivity index (χ3v) is 5.20. The highest BCUT2D eigenvalue weighted by Gasteiger charge is 2.34. The van der Waals surface area contributed by atoms with Crippen molar-refractivity contribution in [3.63, 3.8) is 0 Å². The SMILES string of the molecule is [2H]N(C(=O)C(C)(C)c1ccc(F)cc1)[C@@H](CC(C)C)C(=O)N[C@@H](CCC(=O)OCC)C(=O)OCC. The van der Waals surface area contributed by atoms with Crippen LogP contribution in [0.2, 0.25) is 1.41 Å². The van der Waals surface area contributed by atoms with Gasteiger partial charge >= 0.3 is 11.9 Å². The predicted octanol–water partition coefficient (Wildman–Crippen LogP) is 3.03. The quantitative estimate of drug-likeness (QED) is 0.419. The Kier molecular flexibility index (Phi) is 11.0. The van der Waals surface area contributed by atoms with Crippen LogP contribution in [-0.2, 0) is 34.1 Å². The molecule has 0 aromatic heterocycles. The first-order chi connectivity index (χ1) is 16.3. The van der Waals surface area contributed by atoms with Crippen molar-refractivity contribution in [3.8, 4) is 0 Å². The van der Waals surface area contributed by atoms with E-state index in [4.69, 9.17) is 10.9 Å². The van der Waals surface area contributed by atoms with Crippen molar-refractivity contribution in [3.05, 3.63) is 35.6 Å².